The van der Waals surface area contributed by atoms with Gasteiger partial charge in [0.25, 0.3) is 11.6 Å². The lowest BCUT2D eigenvalue weighted by molar-refractivity contribution is -0.387. The van der Waals surface area contributed by atoms with Crippen LogP contribution in [0, 0.1) is 10.1 Å². The van der Waals surface area contributed by atoms with Crippen LogP contribution in [0.1, 0.15) is 10.4 Å². The number of nitro groups is 1. The van der Waals surface area contributed by atoms with Crippen LogP contribution in [0.25, 0.3) is 0 Å². The van der Waals surface area contributed by atoms with Crippen molar-refractivity contribution in [2.24, 2.45) is 7.05 Å². The second-order valence-electron chi connectivity index (χ2n) is 5.23. The first kappa shape index (κ1) is 17.9. The Morgan fingerprint density at radius 2 is 2.00 bits per heavy atom. The number of carbonyl (C=O) groups is 1. The minimum Gasteiger partial charge on any atom is -0.322 e. The minimum atomic E-state index is -0.530. The van der Waals surface area contributed by atoms with Crippen LogP contribution < -0.4 is 5.32 Å². The molecule has 0 aliphatic rings. The van der Waals surface area contributed by atoms with Crippen LogP contribution in [0.15, 0.2) is 58.8 Å². The van der Waals surface area contributed by atoms with Gasteiger partial charge in [-0.25, -0.2) is 0 Å². The van der Waals surface area contributed by atoms with E-state index in [2.05, 4.69) is 15.5 Å². The molecule has 2 aromatic carbocycles. The van der Waals surface area contributed by atoms with Gasteiger partial charge in [-0.1, -0.05) is 11.6 Å². The first-order valence-corrected chi connectivity index (χ1v) is 8.50. The van der Waals surface area contributed by atoms with Crippen LogP contribution in [0.4, 0.5) is 11.4 Å². The van der Waals surface area contributed by atoms with E-state index in [1.165, 1.54) is 24.5 Å². The molecule has 3 aromatic rings. The number of nitro benzene ring substituents is 1. The van der Waals surface area contributed by atoms with Crippen molar-refractivity contribution in [3.63, 3.8) is 0 Å². The van der Waals surface area contributed by atoms with E-state index in [9.17, 15) is 14.9 Å². The fourth-order valence-corrected chi connectivity index (χ4v) is 3.06. The number of aryl methyl sites for hydroxylation is 1. The summed E-state index contributed by atoms with van der Waals surface area (Å²) < 4.78 is 1.65. The first-order valence-electron chi connectivity index (χ1n) is 7.31. The zero-order chi connectivity index (χ0) is 18.7. The number of rotatable bonds is 5. The normalized spacial score (nSPS) is 10.5. The van der Waals surface area contributed by atoms with Gasteiger partial charge in [-0.15, -0.1) is 10.2 Å². The Balaban J connectivity index is 1.85. The smallest absolute Gasteiger partial charge is 0.284 e. The molecule has 1 heterocycles. The molecule has 0 bridgehead atoms. The topological polar surface area (TPSA) is 103 Å². The maximum Gasteiger partial charge on any atom is 0.284 e. The molecular formula is C16H12ClN5O3S. The van der Waals surface area contributed by atoms with Crippen LogP contribution in [-0.2, 0) is 7.05 Å². The monoisotopic (exact) mass is 389 g/mol. The molecule has 10 heteroatoms. The van der Waals surface area contributed by atoms with Crippen LogP contribution >= 0.6 is 23.4 Å². The van der Waals surface area contributed by atoms with Crippen molar-refractivity contribution >= 4 is 40.6 Å². The van der Waals surface area contributed by atoms with Crippen LogP contribution in [0.5, 0.6) is 0 Å². The highest BCUT2D eigenvalue weighted by molar-refractivity contribution is 7.99. The van der Waals surface area contributed by atoms with Crippen molar-refractivity contribution < 1.29 is 9.72 Å². The summed E-state index contributed by atoms with van der Waals surface area (Å²) in [5.41, 5.74) is 0.537. The largest absolute Gasteiger partial charge is 0.322 e. The van der Waals surface area contributed by atoms with Gasteiger partial charge < -0.3 is 9.88 Å². The average Bonchev–Trinajstić information content (AvgIpc) is 3.02. The fraction of sp³-hybridized carbons (Fsp3) is 0.0625. The number of hydrogen-bond donors (Lipinski definition) is 1. The second-order valence-corrected chi connectivity index (χ2v) is 6.67. The molecule has 0 fully saturated rings. The van der Waals surface area contributed by atoms with E-state index in [1.807, 2.05) is 0 Å². The Morgan fingerprint density at radius 3 is 2.62 bits per heavy atom. The average molecular weight is 390 g/mol. The molecule has 26 heavy (non-hydrogen) atoms. The Labute approximate surface area is 157 Å². The van der Waals surface area contributed by atoms with Gasteiger partial charge in [-0.2, -0.15) is 0 Å². The third-order valence-electron chi connectivity index (χ3n) is 3.39. The van der Waals surface area contributed by atoms with Crippen molar-refractivity contribution in [2.75, 3.05) is 5.32 Å². The van der Waals surface area contributed by atoms with Crippen LogP contribution in [0.2, 0.25) is 5.02 Å². The highest BCUT2D eigenvalue weighted by Crippen LogP contribution is 2.34. The van der Waals surface area contributed by atoms with Gasteiger partial charge in [0, 0.05) is 29.4 Å². The van der Waals surface area contributed by atoms with Crippen molar-refractivity contribution in [2.45, 2.75) is 10.1 Å². The van der Waals surface area contributed by atoms with Crippen molar-refractivity contribution in [1.82, 2.24) is 14.8 Å². The predicted octanol–water partition coefficient (Wildman–Crippen LogP) is 3.78. The standard InChI is InChI=1S/C16H12ClN5O3S/c1-21-9-18-20-16(21)26-14-7-2-10(8-13(14)22(24)25)15(23)19-12-5-3-11(17)4-6-12/h2-9H,1H3,(H,19,23). The van der Waals surface area contributed by atoms with Gasteiger partial charge in [0.15, 0.2) is 5.16 Å². The van der Waals surface area contributed by atoms with Crippen LogP contribution in [0.3, 0.4) is 0 Å². The Bertz CT molecular complexity index is 974. The first-order chi connectivity index (χ1) is 12.4. The Kier molecular flexibility index (Phi) is 5.19. The molecule has 0 radical (unpaired) electrons. The number of benzene rings is 2. The molecule has 1 N–H and O–H groups in total. The summed E-state index contributed by atoms with van der Waals surface area (Å²) in [5.74, 6) is -0.453. The summed E-state index contributed by atoms with van der Waals surface area (Å²) in [6, 6.07) is 10.9. The van der Waals surface area contributed by atoms with Gasteiger partial charge in [-0.05, 0) is 48.2 Å². The molecule has 0 aliphatic heterocycles. The van der Waals surface area contributed by atoms with Gasteiger partial charge in [0.1, 0.15) is 6.33 Å². The van der Waals surface area contributed by atoms with Gasteiger partial charge in [0.2, 0.25) is 0 Å². The molecule has 0 atom stereocenters. The third-order valence-corrected chi connectivity index (χ3v) is 4.76. The number of anilines is 1. The molecular weight excluding hydrogens is 378 g/mol. The van der Waals surface area contributed by atoms with E-state index in [4.69, 9.17) is 11.6 Å². The number of amides is 1. The summed E-state index contributed by atoms with van der Waals surface area (Å²) in [5, 5.41) is 22.8. The molecule has 0 saturated carbocycles. The number of nitrogens with zero attached hydrogens (tertiary/aromatic N) is 4. The second kappa shape index (κ2) is 7.54. The lowest BCUT2D eigenvalue weighted by Gasteiger charge is -2.07. The zero-order valence-corrected chi connectivity index (χ0v) is 15.0. The summed E-state index contributed by atoms with van der Waals surface area (Å²) in [6.07, 6.45) is 1.50. The van der Waals surface area contributed by atoms with Crippen molar-refractivity contribution in [3.8, 4) is 0 Å². The zero-order valence-electron chi connectivity index (χ0n) is 13.4. The van der Waals surface area contributed by atoms with Gasteiger partial charge >= 0.3 is 0 Å². The third kappa shape index (κ3) is 4.01. The highest BCUT2D eigenvalue weighted by atomic mass is 35.5. The van der Waals surface area contributed by atoms with E-state index in [0.29, 0.717) is 20.8 Å². The van der Waals surface area contributed by atoms with E-state index in [1.54, 1.807) is 35.9 Å². The van der Waals surface area contributed by atoms with Crippen LogP contribution in [-0.4, -0.2) is 25.6 Å². The number of nitrogens with one attached hydrogen (secondary N) is 1. The molecule has 0 unspecified atom stereocenters. The van der Waals surface area contributed by atoms with Gasteiger partial charge in [0.05, 0.1) is 9.82 Å². The number of aromatic nitrogens is 3. The maximum atomic E-state index is 12.4. The molecule has 132 valence electrons. The highest BCUT2D eigenvalue weighted by Gasteiger charge is 2.20. The van der Waals surface area contributed by atoms with E-state index >= 15 is 0 Å². The fourth-order valence-electron chi connectivity index (χ4n) is 2.09. The van der Waals surface area contributed by atoms with E-state index in [-0.39, 0.29) is 11.3 Å². The molecule has 0 aliphatic carbocycles. The SMILES string of the molecule is Cn1cnnc1Sc1ccc(C(=O)Nc2ccc(Cl)cc2)cc1[N+](=O)[O-]. The quantitative estimate of drug-likeness (QED) is 0.526. The summed E-state index contributed by atoms with van der Waals surface area (Å²) in [4.78, 5) is 23.6. The Hall–Kier alpha value is -2.91. The number of halogens is 1. The lowest BCUT2D eigenvalue weighted by atomic mass is 10.2. The molecule has 0 saturated heterocycles. The summed E-state index contributed by atoms with van der Waals surface area (Å²) >= 11 is 6.91. The van der Waals surface area contributed by atoms with Crippen molar-refractivity contribution in [1.29, 1.82) is 0 Å². The number of carbonyl (C=O) groups excluding carboxylic acids is 1. The molecule has 1 aromatic heterocycles. The Morgan fingerprint density at radius 1 is 1.27 bits per heavy atom. The number of hydrogen-bond acceptors (Lipinski definition) is 6. The van der Waals surface area contributed by atoms with Crippen molar-refractivity contribution in [3.05, 3.63) is 69.5 Å². The maximum absolute atomic E-state index is 12.4. The lowest BCUT2D eigenvalue weighted by Crippen LogP contribution is -2.12. The van der Waals surface area contributed by atoms with Gasteiger partial charge in [-0.3, -0.25) is 14.9 Å². The summed E-state index contributed by atoms with van der Waals surface area (Å²) in [7, 11) is 1.74. The van der Waals surface area contributed by atoms with E-state index < -0.39 is 10.8 Å². The molecule has 3 rings (SSSR count). The predicted molar refractivity (Wildman–Crippen MR) is 97.6 cm³/mol. The summed E-state index contributed by atoms with van der Waals surface area (Å²) in [6.45, 7) is 0. The molecule has 0 spiro atoms. The minimum absolute atomic E-state index is 0.175. The molecule has 8 nitrogen and oxygen atoms in total. The molecule has 1 amide bonds. The van der Waals surface area contributed by atoms with E-state index in [0.717, 1.165) is 11.8 Å².